The lowest BCUT2D eigenvalue weighted by Gasteiger charge is -2.13. The number of carbonyl (C=O) groups excluding carboxylic acids is 1. The van der Waals surface area contributed by atoms with Gasteiger partial charge in [0.05, 0.1) is 29.5 Å². The minimum absolute atomic E-state index is 0.0654. The molecule has 0 saturated carbocycles. The lowest BCUT2D eigenvalue weighted by Crippen LogP contribution is -2.26. The van der Waals surface area contributed by atoms with Crippen molar-refractivity contribution >= 4 is 28.6 Å². The third kappa shape index (κ3) is 4.81. The summed E-state index contributed by atoms with van der Waals surface area (Å²) in [5.41, 5.74) is 1.65. The van der Waals surface area contributed by atoms with Gasteiger partial charge in [-0.2, -0.15) is 0 Å². The number of hydrogen-bond acceptors (Lipinski definition) is 5. The molecule has 0 radical (unpaired) electrons. The van der Waals surface area contributed by atoms with E-state index in [2.05, 4.69) is 10.3 Å². The van der Waals surface area contributed by atoms with Gasteiger partial charge in [0.25, 0.3) is 5.56 Å². The number of aromatic nitrogens is 2. The van der Waals surface area contributed by atoms with E-state index in [1.807, 2.05) is 24.3 Å². The molecule has 8 heteroatoms. The van der Waals surface area contributed by atoms with Crippen LogP contribution in [-0.4, -0.2) is 28.3 Å². The van der Waals surface area contributed by atoms with Crippen molar-refractivity contribution in [3.8, 4) is 11.4 Å². The maximum absolute atomic E-state index is 13.4. The van der Waals surface area contributed by atoms with Crippen LogP contribution in [0.1, 0.15) is 5.56 Å². The van der Waals surface area contributed by atoms with E-state index in [9.17, 15) is 14.0 Å². The normalized spacial score (nSPS) is 10.8. The van der Waals surface area contributed by atoms with E-state index in [0.29, 0.717) is 28.3 Å². The Labute approximate surface area is 188 Å². The molecule has 0 bridgehead atoms. The highest BCUT2D eigenvalue weighted by atomic mass is 32.2. The zero-order chi connectivity index (χ0) is 22.5. The van der Waals surface area contributed by atoms with Gasteiger partial charge in [-0.25, -0.2) is 9.37 Å². The second-order valence-corrected chi connectivity index (χ2v) is 7.89. The van der Waals surface area contributed by atoms with Gasteiger partial charge in [-0.05, 0) is 54.1 Å². The Morgan fingerprint density at radius 3 is 2.66 bits per heavy atom. The second kappa shape index (κ2) is 9.65. The molecule has 162 valence electrons. The maximum Gasteiger partial charge on any atom is 0.266 e. The number of para-hydroxylation sites is 1. The molecule has 1 aromatic heterocycles. The monoisotopic (exact) mass is 449 g/mol. The molecular formula is C24H20FN3O3S. The van der Waals surface area contributed by atoms with Crippen molar-refractivity contribution in [3.05, 3.63) is 94.5 Å². The van der Waals surface area contributed by atoms with Crippen LogP contribution >= 0.6 is 11.8 Å². The van der Waals surface area contributed by atoms with Crippen LogP contribution in [0.15, 0.2) is 82.7 Å². The number of nitrogens with zero attached hydrogens (tertiary/aromatic N) is 2. The topological polar surface area (TPSA) is 73.2 Å². The van der Waals surface area contributed by atoms with Crippen molar-refractivity contribution in [2.75, 3.05) is 12.9 Å². The Morgan fingerprint density at radius 1 is 1.09 bits per heavy atom. The van der Waals surface area contributed by atoms with E-state index in [1.165, 1.54) is 28.8 Å². The molecule has 4 aromatic rings. The predicted octanol–water partition coefficient (Wildman–Crippen LogP) is 3.94. The van der Waals surface area contributed by atoms with Crippen molar-refractivity contribution in [1.29, 1.82) is 0 Å². The van der Waals surface area contributed by atoms with Gasteiger partial charge in [0.1, 0.15) is 11.6 Å². The van der Waals surface area contributed by atoms with Gasteiger partial charge in [-0.3, -0.25) is 14.2 Å². The lowest BCUT2D eigenvalue weighted by atomic mass is 10.2. The summed E-state index contributed by atoms with van der Waals surface area (Å²) in [7, 11) is 1.59. The van der Waals surface area contributed by atoms with E-state index in [1.54, 1.807) is 31.4 Å². The third-order valence-corrected chi connectivity index (χ3v) is 5.72. The maximum atomic E-state index is 13.4. The van der Waals surface area contributed by atoms with Gasteiger partial charge in [0.2, 0.25) is 5.91 Å². The number of methoxy groups -OCH3 is 1. The molecule has 0 spiro atoms. The highest BCUT2D eigenvalue weighted by Gasteiger charge is 2.15. The van der Waals surface area contributed by atoms with Crippen LogP contribution in [0.2, 0.25) is 0 Å². The third-order valence-electron chi connectivity index (χ3n) is 4.79. The summed E-state index contributed by atoms with van der Waals surface area (Å²) in [6, 6.07) is 20.0. The number of carbonyl (C=O) groups is 1. The van der Waals surface area contributed by atoms with Crippen molar-refractivity contribution in [3.63, 3.8) is 0 Å². The van der Waals surface area contributed by atoms with Crippen LogP contribution in [-0.2, 0) is 11.3 Å². The molecule has 32 heavy (non-hydrogen) atoms. The average molecular weight is 450 g/mol. The van der Waals surface area contributed by atoms with Gasteiger partial charge in [0.15, 0.2) is 5.16 Å². The summed E-state index contributed by atoms with van der Waals surface area (Å²) in [6.07, 6.45) is 0. The van der Waals surface area contributed by atoms with Crippen LogP contribution in [0.25, 0.3) is 16.6 Å². The molecule has 0 fully saturated rings. The fourth-order valence-corrected chi connectivity index (χ4v) is 4.03. The number of ether oxygens (including phenoxy) is 1. The number of rotatable bonds is 7. The van der Waals surface area contributed by atoms with Crippen LogP contribution in [0.4, 0.5) is 4.39 Å². The standard InChI is InChI=1S/C24H20FN3O3S/c1-31-19-6-4-5-16(13-19)14-26-22(29)15-32-24-27-21-8-3-2-7-20(21)23(30)28(24)18-11-9-17(25)10-12-18/h2-13H,14-15H2,1H3,(H,26,29). The first-order chi connectivity index (χ1) is 15.5. The quantitative estimate of drug-likeness (QED) is 0.342. The number of nitrogens with one attached hydrogen (secondary N) is 1. The lowest BCUT2D eigenvalue weighted by molar-refractivity contribution is -0.118. The van der Waals surface area contributed by atoms with Crippen molar-refractivity contribution in [1.82, 2.24) is 14.9 Å². The fourth-order valence-electron chi connectivity index (χ4n) is 3.19. The first-order valence-corrected chi connectivity index (χ1v) is 10.8. The van der Waals surface area contributed by atoms with Crippen molar-refractivity contribution in [2.24, 2.45) is 0 Å². The molecule has 0 unspecified atom stereocenters. The molecule has 0 aliphatic rings. The molecule has 0 saturated heterocycles. The zero-order valence-corrected chi connectivity index (χ0v) is 18.1. The Kier molecular flexibility index (Phi) is 6.51. The van der Waals surface area contributed by atoms with E-state index in [4.69, 9.17) is 4.74 Å². The average Bonchev–Trinajstić information content (AvgIpc) is 2.82. The molecule has 0 aliphatic carbocycles. The van der Waals surface area contributed by atoms with E-state index in [-0.39, 0.29) is 17.2 Å². The summed E-state index contributed by atoms with van der Waals surface area (Å²) in [5.74, 6) is 0.179. The Balaban J connectivity index is 1.56. The minimum Gasteiger partial charge on any atom is -0.497 e. The number of halogens is 1. The van der Waals surface area contributed by atoms with Gasteiger partial charge >= 0.3 is 0 Å². The smallest absolute Gasteiger partial charge is 0.266 e. The number of benzene rings is 3. The van der Waals surface area contributed by atoms with Crippen LogP contribution in [0, 0.1) is 5.82 Å². The first-order valence-electron chi connectivity index (χ1n) is 9.85. The molecule has 1 amide bonds. The van der Waals surface area contributed by atoms with E-state index >= 15 is 0 Å². The number of hydrogen-bond donors (Lipinski definition) is 1. The molecule has 0 aliphatic heterocycles. The van der Waals surface area contributed by atoms with Crippen LogP contribution in [0.3, 0.4) is 0 Å². The molecule has 1 N–H and O–H groups in total. The summed E-state index contributed by atoms with van der Waals surface area (Å²) in [4.78, 5) is 30.2. The molecule has 4 rings (SSSR count). The fraction of sp³-hybridized carbons (Fsp3) is 0.125. The van der Waals surface area contributed by atoms with Gasteiger partial charge in [-0.15, -0.1) is 0 Å². The molecule has 6 nitrogen and oxygen atoms in total. The molecular weight excluding hydrogens is 429 g/mol. The molecule has 0 atom stereocenters. The van der Waals surface area contributed by atoms with E-state index < -0.39 is 5.82 Å². The van der Waals surface area contributed by atoms with Crippen molar-refractivity contribution in [2.45, 2.75) is 11.7 Å². The summed E-state index contributed by atoms with van der Waals surface area (Å²) in [5, 5.41) is 3.66. The number of amides is 1. The number of thioether (sulfide) groups is 1. The minimum atomic E-state index is -0.401. The van der Waals surface area contributed by atoms with Gasteiger partial charge in [0, 0.05) is 6.54 Å². The highest BCUT2D eigenvalue weighted by molar-refractivity contribution is 7.99. The van der Waals surface area contributed by atoms with E-state index in [0.717, 1.165) is 23.1 Å². The first kappa shape index (κ1) is 21.6. The van der Waals surface area contributed by atoms with Gasteiger partial charge < -0.3 is 10.1 Å². The Morgan fingerprint density at radius 2 is 1.88 bits per heavy atom. The van der Waals surface area contributed by atoms with Gasteiger partial charge in [-0.1, -0.05) is 36.0 Å². The summed E-state index contributed by atoms with van der Waals surface area (Å²) < 4.78 is 20.0. The van der Waals surface area contributed by atoms with Crippen LogP contribution < -0.4 is 15.6 Å². The predicted molar refractivity (Wildman–Crippen MR) is 123 cm³/mol. The largest absolute Gasteiger partial charge is 0.497 e. The highest BCUT2D eigenvalue weighted by Crippen LogP contribution is 2.21. The SMILES string of the molecule is COc1cccc(CNC(=O)CSc2nc3ccccc3c(=O)n2-c2ccc(F)cc2)c1. The summed E-state index contributed by atoms with van der Waals surface area (Å²) >= 11 is 1.15. The van der Waals surface area contributed by atoms with Crippen molar-refractivity contribution < 1.29 is 13.9 Å². The Hall–Kier alpha value is -3.65. The van der Waals surface area contributed by atoms with Crippen LogP contribution in [0.5, 0.6) is 5.75 Å². The zero-order valence-electron chi connectivity index (χ0n) is 17.2. The second-order valence-electron chi connectivity index (χ2n) is 6.95. The Bertz CT molecular complexity index is 1320. The summed E-state index contributed by atoms with van der Waals surface area (Å²) in [6.45, 7) is 0.354. The molecule has 1 heterocycles. The number of fused-ring (bicyclic) bond motifs is 1. The molecule has 3 aromatic carbocycles.